The van der Waals surface area contributed by atoms with E-state index in [0.29, 0.717) is 12.8 Å². The molecule has 2 saturated heterocycles. The van der Waals surface area contributed by atoms with E-state index in [9.17, 15) is 20.1 Å². The summed E-state index contributed by atoms with van der Waals surface area (Å²) in [5.41, 5.74) is 1.97. The molecule has 1 aliphatic carbocycles. The van der Waals surface area contributed by atoms with E-state index in [1.165, 1.54) is 0 Å². The van der Waals surface area contributed by atoms with Gasteiger partial charge in [0.05, 0.1) is 36.8 Å². The predicted molar refractivity (Wildman–Crippen MR) is 119 cm³/mol. The van der Waals surface area contributed by atoms with Gasteiger partial charge in [-0.25, -0.2) is 0 Å². The van der Waals surface area contributed by atoms with Crippen LogP contribution in [0.1, 0.15) is 37.8 Å². The number of nitrogens with one attached hydrogen (secondary N) is 2. The number of hydrogen-bond donors (Lipinski definition) is 5. The Hall–Kier alpha value is -1.59. The molecule has 9 nitrogen and oxygen atoms in total. The molecule has 3 aliphatic rings. The lowest BCUT2D eigenvalue weighted by molar-refractivity contribution is -0.450. The van der Waals surface area contributed by atoms with Crippen LogP contribution >= 0.6 is 0 Å². The number of carbonyl (C=O) groups is 1. The summed E-state index contributed by atoms with van der Waals surface area (Å²) in [6, 6.07) is 6.33. The molecule has 3 unspecified atom stereocenters. The average Bonchev–Trinajstić information content (AvgIpc) is 2.76. The Morgan fingerprint density at radius 3 is 2.48 bits per heavy atom. The van der Waals surface area contributed by atoms with Crippen LogP contribution in [0.3, 0.4) is 0 Å². The smallest absolute Gasteiger partial charge is 0.239 e. The van der Waals surface area contributed by atoms with Gasteiger partial charge in [-0.3, -0.25) is 4.79 Å². The maximum absolute atomic E-state index is 12.8. The molecule has 3 fully saturated rings. The van der Waals surface area contributed by atoms with Gasteiger partial charge in [0, 0.05) is 5.92 Å². The molecule has 0 radical (unpaired) electrons. The fourth-order valence-corrected chi connectivity index (χ4v) is 5.38. The van der Waals surface area contributed by atoms with Crippen molar-refractivity contribution < 1.29 is 34.3 Å². The number of carbonyl (C=O) groups excluding carboxylic acids is 1. The van der Waals surface area contributed by atoms with Gasteiger partial charge in [-0.1, -0.05) is 36.8 Å². The number of rotatable bonds is 5. The molecule has 4 rings (SSSR count). The number of aliphatic hydroxyl groups excluding tert-OH is 2. The standard InChI is InChI=1S/C24H36N2O7/c1-5-15-19(28)18(25-4)21-22(20(15)29)32-23-24(30,33-21)16(10-13(3)31-23)26-17(27)11-14-8-6-12(2)7-9-14/h6-9,13,15-16,18-23,25,28-30H,5,10-11H2,1-4H3,(H,26,27)/t13-,15-,16-,18+,19+,20-,21?,22?,23?,24+/m1/s1. The minimum atomic E-state index is -1.97. The Kier molecular flexibility index (Phi) is 7.12. The number of fused-ring (bicyclic) bond motifs is 2. The number of benzene rings is 1. The van der Waals surface area contributed by atoms with Gasteiger partial charge in [0.1, 0.15) is 12.2 Å². The van der Waals surface area contributed by atoms with Crippen LogP contribution in [0, 0.1) is 12.8 Å². The molecule has 1 aromatic rings. The lowest BCUT2D eigenvalue weighted by Crippen LogP contribution is -2.77. The Morgan fingerprint density at radius 2 is 1.85 bits per heavy atom. The summed E-state index contributed by atoms with van der Waals surface area (Å²) in [6.07, 6.45) is -3.97. The monoisotopic (exact) mass is 464 g/mol. The summed E-state index contributed by atoms with van der Waals surface area (Å²) in [6.45, 7) is 5.71. The van der Waals surface area contributed by atoms with Crippen molar-refractivity contribution in [3.05, 3.63) is 35.4 Å². The fraction of sp³-hybridized carbons (Fsp3) is 0.708. The van der Waals surface area contributed by atoms with Gasteiger partial charge in [-0.15, -0.1) is 0 Å². The molecule has 184 valence electrons. The molecule has 0 spiro atoms. The molecule has 33 heavy (non-hydrogen) atoms. The molecule has 0 bridgehead atoms. The second-order valence-electron chi connectivity index (χ2n) is 9.60. The summed E-state index contributed by atoms with van der Waals surface area (Å²) >= 11 is 0. The van der Waals surface area contributed by atoms with Crippen molar-refractivity contribution in [2.45, 2.75) is 94.7 Å². The fourth-order valence-electron chi connectivity index (χ4n) is 5.38. The van der Waals surface area contributed by atoms with Crippen LogP contribution in [0.5, 0.6) is 0 Å². The van der Waals surface area contributed by atoms with E-state index < -0.39 is 54.5 Å². The SMILES string of the molecule is CC[C@@H]1[C@H](O)[C@H](NC)C2O[C@]3(O)C(OC2[C@@H]1O)O[C@H](C)C[C@H]3NC(=O)Cc1ccc(C)cc1. The lowest BCUT2D eigenvalue weighted by Gasteiger charge is -2.58. The van der Waals surface area contributed by atoms with Gasteiger partial charge in [-0.2, -0.15) is 0 Å². The second-order valence-corrected chi connectivity index (χ2v) is 9.60. The molecule has 2 heterocycles. The third-order valence-electron chi connectivity index (χ3n) is 7.25. The van der Waals surface area contributed by atoms with Crippen molar-refractivity contribution >= 4 is 5.91 Å². The van der Waals surface area contributed by atoms with Crippen LogP contribution in [0.25, 0.3) is 0 Å². The maximum Gasteiger partial charge on any atom is 0.239 e. The van der Waals surface area contributed by atoms with E-state index in [1.807, 2.05) is 45.0 Å². The number of aryl methyl sites for hydroxylation is 1. The van der Waals surface area contributed by atoms with Crippen molar-refractivity contribution in [1.29, 1.82) is 0 Å². The average molecular weight is 465 g/mol. The summed E-state index contributed by atoms with van der Waals surface area (Å²) in [5, 5.41) is 39.2. The molecule has 1 amide bonds. The highest BCUT2D eigenvalue weighted by atomic mass is 16.8. The van der Waals surface area contributed by atoms with Crippen molar-refractivity contribution in [2.24, 2.45) is 5.92 Å². The van der Waals surface area contributed by atoms with Crippen molar-refractivity contribution in [3.63, 3.8) is 0 Å². The van der Waals surface area contributed by atoms with Crippen LogP contribution in [0.2, 0.25) is 0 Å². The summed E-state index contributed by atoms with van der Waals surface area (Å²) in [7, 11) is 1.69. The molecule has 1 saturated carbocycles. The first-order valence-corrected chi connectivity index (χ1v) is 11.8. The van der Waals surface area contributed by atoms with E-state index in [1.54, 1.807) is 7.05 Å². The third kappa shape index (κ3) is 4.55. The molecule has 10 atom stereocenters. The zero-order valence-corrected chi connectivity index (χ0v) is 19.6. The zero-order chi connectivity index (χ0) is 23.9. The van der Waals surface area contributed by atoms with Gasteiger partial charge in [0.15, 0.2) is 0 Å². The second kappa shape index (κ2) is 9.58. The third-order valence-corrected chi connectivity index (χ3v) is 7.25. The normalized spacial score (nSPS) is 42.8. The molecule has 1 aromatic carbocycles. The van der Waals surface area contributed by atoms with E-state index >= 15 is 0 Å². The van der Waals surface area contributed by atoms with E-state index in [-0.39, 0.29) is 18.4 Å². The van der Waals surface area contributed by atoms with Crippen LogP contribution in [0.15, 0.2) is 24.3 Å². The van der Waals surface area contributed by atoms with Gasteiger partial charge < -0.3 is 40.2 Å². The Bertz CT molecular complexity index is 837. The van der Waals surface area contributed by atoms with Crippen molar-refractivity contribution in [2.75, 3.05) is 7.05 Å². The maximum atomic E-state index is 12.8. The number of amides is 1. The quantitative estimate of drug-likeness (QED) is 0.411. The first-order chi connectivity index (χ1) is 15.7. The van der Waals surface area contributed by atoms with Crippen LogP contribution in [0.4, 0.5) is 0 Å². The van der Waals surface area contributed by atoms with Crippen molar-refractivity contribution in [3.8, 4) is 0 Å². The molecule has 2 aliphatic heterocycles. The zero-order valence-electron chi connectivity index (χ0n) is 19.6. The summed E-state index contributed by atoms with van der Waals surface area (Å²) in [5.74, 6) is -2.63. The molecular weight excluding hydrogens is 428 g/mol. The molecule has 9 heteroatoms. The van der Waals surface area contributed by atoms with Gasteiger partial charge in [-0.05, 0) is 39.3 Å². The largest absolute Gasteiger partial charge is 0.391 e. The lowest BCUT2D eigenvalue weighted by atomic mass is 9.74. The summed E-state index contributed by atoms with van der Waals surface area (Å²) < 4.78 is 18.1. The highest BCUT2D eigenvalue weighted by molar-refractivity contribution is 5.79. The molecule has 0 aromatic heterocycles. The minimum Gasteiger partial charge on any atom is -0.391 e. The number of aliphatic hydroxyl groups is 3. The number of likely N-dealkylation sites (N-methyl/N-ethyl adjacent to an activating group) is 1. The van der Waals surface area contributed by atoms with Crippen molar-refractivity contribution in [1.82, 2.24) is 10.6 Å². The molecule has 5 N–H and O–H groups in total. The molecular formula is C24H36N2O7. The minimum absolute atomic E-state index is 0.161. The number of hydrogen-bond acceptors (Lipinski definition) is 8. The Balaban J connectivity index is 1.55. The Morgan fingerprint density at radius 1 is 1.15 bits per heavy atom. The van der Waals surface area contributed by atoms with Gasteiger partial charge >= 0.3 is 0 Å². The van der Waals surface area contributed by atoms with Crippen LogP contribution in [-0.2, 0) is 25.4 Å². The highest BCUT2D eigenvalue weighted by Gasteiger charge is 2.63. The first-order valence-electron chi connectivity index (χ1n) is 11.8. The van der Waals surface area contributed by atoms with Crippen LogP contribution in [-0.4, -0.2) is 83.0 Å². The van der Waals surface area contributed by atoms with E-state index in [0.717, 1.165) is 11.1 Å². The topological polar surface area (TPSA) is 130 Å². The predicted octanol–water partition coefficient (Wildman–Crippen LogP) is -0.0206. The van der Waals surface area contributed by atoms with E-state index in [2.05, 4.69) is 10.6 Å². The van der Waals surface area contributed by atoms with E-state index in [4.69, 9.17) is 14.2 Å². The number of ether oxygens (including phenoxy) is 3. The van der Waals surface area contributed by atoms with Crippen LogP contribution < -0.4 is 10.6 Å². The highest BCUT2D eigenvalue weighted by Crippen LogP contribution is 2.43. The van der Waals surface area contributed by atoms with Gasteiger partial charge in [0.25, 0.3) is 0 Å². The summed E-state index contributed by atoms with van der Waals surface area (Å²) in [4.78, 5) is 12.8. The Labute approximate surface area is 194 Å². The van der Waals surface area contributed by atoms with Gasteiger partial charge in [0.2, 0.25) is 18.0 Å². The first kappa shape index (κ1) is 24.5.